The summed E-state index contributed by atoms with van der Waals surface area (Å²) in [4.78, 5) is 17.3. The summed E-state index contributed by atoms with van der Waals surface area (Å²) in [7, 11) is 0. The minimum absolute atomic E-state index is 0.114. The lowest BCUT2D eigenvalue weighted by Crippen LogP contribution is -2.13. The van der Waals surface area contributed by atoms with Crippen LogP contribution >= 0.6 is 22.9 Å². The summed E-state index contributed by atoms with van der Waals surface area (Å²) in [6.45, 7) is 3.86. The van der Waals surface area contributed by atoms with E-state index in [2.05, 4.69) is 4.98 Å². The van der Waals surface area contributed by atoms with Gasteiger partial charge in [0.2, 0.25) is 0 Å². The van der Waals surface area contributed by atoms with Gasteiger partial charge in [-0.25, -0.2) is 4.98 Å². The molecule has 2 heterocycles. The number of thiazole rings is 1. The van der Waals surface area contributed by atoms with E-state index in [0.29, 0.717) is 4.96 Å². The van der Waals surface area contributed by atoms with Crippen molar-refractivity contribution in [2.75, 3.05) is 0 Å². The summed E-state index contributed by atoms with van der Waals surface area (Å²) < 4.78 is 1.58. The number of nitrogens with zero attached hydrogens (tertiary/aromatic N) is 2. The predicted molar refractivity (Wildman–Crippen MR) is 53.8 cm³/mol. The van der Waals surface area contributed by atoms with E-state index in [1.165, 1.54) is 17.4 Å². The maximum Gasteiger partial charge on any atom is 0.260 e. The van der Waals surface area contributed by atoms with E-state index in [-0.39, 0.29) is 10.7 Å². The van der Waals surface area contributed by atoms with Crippen molar-refractivity contribution in [3.05, 3.63) is 32.1 Å². The van der Waals surface area contributed by atoms with Crippen LogP contribution in [0.2, 0.25) is 5.15 Å². The number of hydrogen-bond donors (Lipinski definition) is 0. The Morgan fingerprint density at radius 3 is 2.92 bits per heavy atom. The highest BCUT2D eigenvalue weighted by Crippen LogP contribution is 2.19. The Morgan fingerprint density at radius 2 is 2.23 bits per heavy atom. The topological polar surface area (TPSA) is 34.4 Å². The van der Waals surface area contributed by atoms with Gasteiger partial charge < -0.3 is 0 Å². The van der Waals surface area contributed by atoms with Crippen molar-refractivity contribution in [3.8, 4) is 0 Å². The Bertz CT molecular complexity index is 529. The molecule has 0 bridgehead atoms. The van der Waals surface area contributed by atoms with E-state index in [4.69, 9.17) is 11.6 Å². The lowest BCUT2D eigenvalue weighted by molar-refractivity contribution is 1.01. The van der Waals surface area contributed by atoms with Crippen LogP contribution in [-0.4, -0.2) is 9.38 Å². The first kappa shape index (κ1) is 8.72. The number of rotatable bonds is 0. The summed E-state index contributed by atoms with van der Waals surface area (Å²) in [5.41, 5.74) is 0.825. The van der Waals surface area contributed by atoms with E-state index in [1.807, 2.05) is 13.8 Å². The number of aryl methyl sites for hydroxylation is 2. The van der Waals surface area contributed by atoms with E-state index >= 15 is 0 Å². The highest BCUT2D eigenvalue weighted by Gasteiger charge is 2.07. The monoisotopic (exact) mass is 214 g/mol. The molecular weight excluding hydrogens is 208 g/mol. The smallest absolute Gasteiger partial charge is 0.260 e. The third-order valence-corrected chi connectivity index (χ3v) is 3.20. The molecule has 0 spiro atoms. The number of halogens is 1. The van der Waals surface area contributed by atoms with Gasteiger partial charge in [-0.1, -0.05) is 11.6 Å². The molecule has 0 aliphatic heterocycles. The standard InChI is InChI=1S/C8H7ClN2OS/c1-4-5(2)13-8-10-6(9)3-7(12)11(4)8/h3H,1-2H3. The van der Waals surface area contributed by atoms with Crippen molar-refractivity contribution < 1.29 is 0 Å². The predicted octanol–water partition coefficient (Wildman–Crippen LogP) is 2.03. The maximum atomic E-state index is 11.5. The minimum atomic E-state index is -0.114. The quantitative estimate of drug-likeness (QED) is 0.629. The first-order chi connectivity index (χ1) is 6.09. The molecule has 0 N–H and O–H groups in total. The average Bonchev–Trinajstić information content (AvgIpc) is 2.27. The molecule has 13 heavy (non-hydrogen) atoms. The number of hydrogen-bond acceptors (Lipinski definition) is 3. The normalized spacial score (nSPS) is 11.0. The van der Waals surface area contributed by atoms with Crippen molar-refractivity contribution in [2.45, 2.75) is 13.8 Å². The van der Waals surface area contributed by atoms with Crippen LogP contribution in [0.15, 0.2) is 10.9 Å². The van der Waals surface area contributed by atoms with Gasteiger partial charge in [0.05, 0.1) is 0 Å². The molecule has 68 valence electrons. The zero-order valence-corrected chi connectivity index (χ0v) is 8.74. The fraction of sp³-hybridized carbons (Fsp3) is 0.250. The van der Waals surface area contributed by atoms with Gasteiger partial charge in [0, 0.05) is 16.6 Å². The molecule has 2 rings (SSSR count). The molecule has 0 aliphatic rings. The van der Waals surface area contributed by atoms with Gasteiger partial charge in [-0.05, 0) is 13.8 Å². The molecule has 0 aliphatic carbocycles. The molecule has 5 heteroatoms. The highest BCUT2D eigenvalue weighted by atomic mass is 35.5. The molecule has 0 aromatic carbocycles. The molecular formula is C8H7ClN2OS. The van der Waals surface area contributed by atoms with Gasteiger partial charge in [-0.3, -0.25) is 9.20 Å². The van der Waals surface area contributed by atoms with Crippen LogP contribution in [0.25, 0.3) is 4.96 Å². The van der Waals surface area contributed by atoms with Gasteiger partial charge >= 0.3 is 0 Å². The van der Waals surface area contributed by atoms with Crippen LogP contribution in [0.4, 0.5) is 0 Å². The van der Waals surface area contributed by atoms with Crippen LogP contribution in [0.5, 0.6) is 0 Å². The lowest BCUT2D eigenvalue weighted by Gasteiger charge is -1.94. The fourth-order valence-corrected chi connectivity index (χ4v) is 2.38. The molecule has 0 amide bonds. The van der Waals surface area contributed by atoms with Crippen molar-refractivity contribution in [2.24, 2.45) is 0 Å². The molecule has 0 saturated carbocycles. The van der Waals surface area contributed by atoms with Crippen LogP contribution in [0.1, 0.15) is 10.6 Å². The Labute approximate surface area is 83.6 Å². The Hall–Kier alpha value is -0.870. The molecule has 3 nitrogen and oxygen atoms in total. The second kappa shape index (κ2) is 2.82. The zero-order valence-electron chi connectivity index (χ0n) is 7.17. The first-order valence-corrected chi connectivity index (χ1v) is 4.94. The highest BCUT2D eigenvalue weighted by molar-refractivity contribution is 7.17. The van der Waals surface area contributed by atoms with Gasteiger partial charge in [-0.2, -0.15) is 0 Å². The Balaban J connectivity index is 3.03. The largest absolute Gasteiger partial charge is 0.269 e. The molecule has 0 saturated heterocycles. The molecule has 0 unspecified atom stereocenters. The zero-order chi connectivity index (χ0) is 9.59. The molecule has 0 atom stereocenters. The molecule has 0 radical (unpaired) electrons. The third-order valence-electron chi connectivity index (χ3n) is 1.95. The summed E-state index contributed by atoms with van der Waals surface area (Å²) in [5, 5.41) is 0.256. The van der Waals surface area contributed by atoms with Crippen LogP contribution < -0.4 is 5.56 Å². The average molecular weight is 215 g/mol. The fourth-order valence-electron chi connectivity index (χ4n) is 1.18. The van der Waals surface area contributed by atoms with Gasteiger partial charge in [0.1, 0.15) is 5.15 Å². The van der Waals surface area contributed by atoms with Crippen molar-refractivity contribution in [1.29, 1.82) is 0 Å². The van der Waals surface area contributed by atoms with E-state index in [9.17, 15) is 4.79 Å². The van der Waals surface area contributed by atoms with Crippen LogP contribution in [0.3, 0.4) is 0 Å². The minimum Gasteiger partial charge on any atom is -0.269 e. The number of aromatic nitrogens is 2. The summed E-state index contributed by atoms with van der Waals surface area (Å²) >= 11 is 7.14. The van der Waals surface area contributed by atoms with Gasteiger partial charge in [0.15, 0.2) is 4.96 Å². The SMILES string of the molecule is Cc1sc2nc(Cl)cc(=O)n2c1C. The molecule has 2 aromatic heterocycles. The summed E-state index contributed by atoms with van der Waals surface area (Å²) in [6.07, 6.45) is 0. The van der Waals surface area contributed by atoms with E-state index < -0.39 is 0 Å². The second-order valence-corrected chi connectivity index (χ2v) is 4.35. The maximum absolute atomic E-state index is 11.5. The van der Waals surface area contributed by atoms with Gasteiger partial charge in [-0.15, -0.1) is 11.3 Å². The van der Waals surface area contributed by atoms with Gasteiger partial charge in [0.25, 0.3) is 5.56 Å². The Morgan fingerprint density at radius 1 is 1.54 bits per heavy atom. The first-order valence-electron chi connectivity index (χ1n) is 3.75. The summed E-state index contributed by atoms with van der Waals surface area (Å²) in [6, 6.07) is 1.33. The van der Waals surface area contributed by atoms with Crippen molar-refractivity contribution >= 4 is 27.9 Å². The molecule has 2 aromatic rings. The Kier molecular flexibility index (Phi) is 1.89. The van der Waals surface area contributed by atoms with Crippen LogP contribution in [-0.2, 0) is 0 Å². The van der Waals surface area contributed by atoms with E-state index in [1.54, 1.807) is 4.40 Å². The number of fused-ring (bicyclic) bond motifs is 1. The lowest BCUT2D eigenvalue weighted by atomic mass is 10.4. The molecule has 0 fully saturated rings. The van der Waals surface area contributed by atoms with Crippen molar-refractivity contribution in [1.82, 2.24) is 9.38 Å². The second-order valence-electron chi connectivity index (χ2n) is 2.78. The van der Waals surface area contributed by atoms with E-state index in [0.717, 1.165) is 10.6 Å². The van der Waals surface area contributed by atoms with Crippen LogP contribution in [0, 0.1) is 13.8 Å². The third kappa shape index (κ3) is 1.26. The summed E-state index contributed by atoms with van der Waals surface area (Å²) in [5.74, 6) is 0. The van der Waals surface area contributed by atoms with Crippen molar-refractivity contribution in [3.63, 3.8) is 0 Å².